The number of fused-ring (bicyclic) bond motifs is 1. The number of rotatable bonds is 7. The van der Waals surface area contributed by atoms with E-state index in [1.807, 2.05) is 6.92 Å². The van der Waals surface area contributed by atoms with Gasteiger partial charge in [0.05, 0.1) is 29.8 Å². The number of nitro benzene ring substituents is 1. The minimum atomic E-state index is -0.501. The van der Waals surface area contributed by atoms with Crippen molar-refractivity contribution in [2.75, 3.05) is 12.4 Å². The molecule has 2 aromatic carbocycles. The molecule has 29 heavy (non-hydrogen) atoms. The molecule has 1 aliphatic carbocycles. The second-order valence-corrected chi connectivity index (χ2v) is 7.48. The summed E-state index contributed by atoms with van der Waals surface area (Å²) in [5.74, 6) is 0.0180. The number of hydrogen-bond donors (Lipinski definition) is 2. The van der Waals surface area contributed by atoms with Crippen LogP contribution >= 0.6 is 0 Å². The Morgan fingerprint density at radius 3 is 2.52 bits per heavy atom. The van der Waals surface area contributed by atoms with Crippen molar-refractivity contribution >= 4 is 17.3 Å². The summed E-state index contributed by atoms with van der Waals surface area (Å²) in [6, 6.07) is 10.3. The topological polar surface area (TPSA) is 93.5 Å². The van der Waals surface area contributed by atoms with Crippen molar-refractivity contribution in [2.24, 2.45) is 0 Å². The van der Waals surface area contributed by atoms with Crippen molar-refractivity contribution in [1.29, 1.82) is 0 Å². The maximum Gasteiger partial charge on any atom is 0.273 e. The average molecular weight is 397 g/mol. The minimum absolute atomic E-state index is 0.0155. The maximum absolute atomic E-state index is 12.6. The van der Waals surface area contributed by atoms with Crippen LogP contribution in [0, 0.1) is 10.1 Å². The Bertz CT molecular complexity index is 913. The molecule has 0 fully saturated rings. The van der Waals surface area contributed by atoms with E-state index in [4.69, 9.17) is 4.74 Å². The molecule has 2 aromatic rings. The van der Waals surface area contributed by atoms with Crippen molar-refractivity contribution < 1.29 is 14.5 Å². The quantitative estimate of drug-likeness (QED) is 0.540. The van der Waals surface area contributed by atoms with Crippen molar-refractivity contribution in [3.8, 4) is 5.75 Å². The molecule has 1 amide bonds. The van der Waals surface area contributed by atoms with Crippen LogP contribution in [0.25, 0.3) is 0 Å². The van der Waals surface area contributed by atoms with Gasteiger partial charge in [-0.1, -0.05) is 18.2 Å². The molecule has 0 aliphatic heterocycles. The van der Waals surface area contributed by atoms with E-state index < -0.39 is 11.0 Å². The van der Waals surface area contributed by atoms with Crippen molar-refractivity contribution in [2.45, 2.75) is 51.6 Å². The van der Waals surface area contributed by atoms with Gasteiger partial charge in [0.1, 0.15) is 5.75 Å². The van der Waals surface area contributed by atoms with Gasteiger partial charge < -0.3 is 10.1 Å². The highest BCUT2D eigenvalue weighted by atomic mass is 16.6. The second-order valence-electron chi connectivity index (χ2n) is 7.48. The van der Waals surface area contributed by atoms with Gasteiger partial charge >= 0.3 is 0 Å². The molecule has 1 aliphatic rings. The number of carbonyl (C=O) groups excluding carboxylic acids is 1. The lowest BCUT2D eigenvalue weighted by Gasteiger charge is -2.23. The van der Waals surface area contributed by atoms with Gasteiger partial charge in [0.15, 0.2) is 0 Å². The fraction of sp³-hybridized carbons (Fsp3) is 0.409. The maximum atomic E-state index is 12.6. The van der Waals surface area contributed by atoms with E-state index in [-0.39, 0.29) is 23.4 Å². The first-order chi connectivity index (χ1) is 13.9. The lowest BCUT2D eigenvalue weighted by Crippen LogP contribution is -2.39. The third-order valence-corrected chi connectivity index (χ3v) is 5.42. The molecule has 2 atom stereocenters. The SMILES string of the molecule is COc1cc([N+](=O)[O-])ccc1NC(=O)[C@@H](C)N[C@H](C)c1ccc2c(c1)CCCC2. The summed E-state index contributed by atoms with van der Waals surface area (Å²) in [4.78, 5) is 23.0. The molecule has 154 valence electrons. The fourth-order valence-corrected chi connectivity index (χ4v) is 3.71. The molecule has 0 saturated carbocycles. The van der Waals surface area contributed by atoms with Crippen LogP contribution in [-0.2, 0) is 17.6 Å². The Balaban J connectivity index is 1.65. The highest BCUT2D eigenvalue weighted by Crippen LogP contribution is 2.29. The Morgan fingerprint density at radius 2 is 1.83 bits per heavy atom. The van der Waals surface area contributed by atoms with Gasteiger partial charge in [0, 0.05) is 12.1 Å². The molecule has 0 bridgehead atoms. The summed E-state index contributed by atoms with van der Waals surface area (Å²) in [6.45, 7) is 3.84. The highest BCUT2D eigenvalue weighted by Gasteiger charge is 2.20. The molecule has 0 spiro atoms. The lowest BCUT2D eigenvalue weighted by atomic mass is 9.89. The van der Waals surface area contributed by atoms with E-state index in [9.17, 15) is 14.9 Å². The zero-order chi connectivity index (χ0) is 21.0. The van der Waals surface area contributed by atoms with Crippen LogP contribution in [0.2, 0.25) is 0 Å². The third-order valence-electron chi connectivity index (χ3n) is 5.42. The number of methoxy groups -OCH3 is 1. The number of nitrogens with one attached hydrogen (secondary N) is 2. The number of hydrogen-bond acceptors (Lipinski definition) is 5. The fourth-order valence-electron chi connectivity index (χ4n) is 3.71. The van der Waals surface area contributed by atoms with E-state index in [0.717, 1.165) is 12.8 Å². The Kier molecular flexibility index (Phi) is 6.49. The molecular weight excluding hydrogens is 370 g/mol. The Hall–Kier alpha value is -2.93. The predicted octanol–water partition coefficient (Wildman–Crippen LogP) is 4.16. The molecule has 3 rings (SSSR count). The number of non-ortho nitro benzene ring substituents is 1. The molecule has 7 nitrogen and oxygen atoms in total. The summed E-state index contributed by atoms with van der Waals surface area (Å²) in [6.07, 6.45) is 4.75. The van der Waals surface area contributed by atoms with Gasteiger partial charge in [-0.25, -0.2) is 0 Å². The summed E-state index contributed by atoms with van der Waals surface area (Å²) >= 11 is 0. The van der Waals surface area contributed by atoms with Gasteiger partial charge in [-0.05, 0) is 62.3 Å². The van der Waals surface area contributed by atoms with Gasteiger partial charge in [-0.15, -0.1) is 0 Å². The summed E-state index contributed by atoms with van der Waals surface area (Å²) in [5, 5.41) is 17.0. The van der Waals surface area contributed by atoms with E-state index in [1.165, 1.54) is 54.8 Å². The van der Waals surface area contributed by atoms with Crippen molar-refractivity contribution in [1.82, 2.24) is 5.32 Å². The van der Waals surface area contributed by atoms with Gasteiger partial charge in [0.25, 0.3) is 5.69 Å². The van der Waals surface area contributed by atoms with Crippen LogP contribution in [-0.4, -0.2) is 24.0 Å². The summed E-state index contributed by atoms with van der Waals surface area (Å²) in [7, 11) is 1.41. The molecule has 0 unspecified atom stereocenters. The zero-order valence-electron chi connectivity index (χ0n) is 17.0. The molecule has 0 saturated heterocycles. The number of benzene rings is 2. The van der Waals surface area contributed by atoms with E-state index in [2.05, 4.69) is 28.8 Å². The molecule has 0 aromatic heterocycles. The molecular formula is C22H27N3O4. The number of nitrogens with zero attached hydrogens (tertiary/aromatic N) is 1. The average Bonchev–Trinajstić information content (AvgIpc) is 2.73. The highest BCUT2D eigenvalue weighted by molar-refractivity contribution is 5.96. The van der Waals surface area contributed by atoms with Crippen LogP contribution in [0.3, 0.4) is 0 Å². The number of carbonyl (C=O) groups is 1. The standard InChI is InChI=1S/C22H27N3O4/c1-14(17-9-8-16-6-4-5-7-18(16)12-17)23-15(2)22(26)24-20-11-10-19(25(27)28)13-21(20)29-3/h8-15,23H,4-7H2,1-3H3,(H,24,26)/t14-,15-/m1/s1. The first kappa shape index (κ1) is 20.8. The van der Waals surface area contributed by atoms with Crippen LogP contribution in [0.15, 0.2) is 36.4 Å². The largest absolute Gasteiger partial charge is 0.494 e. The first-order valence-corrected chi connectivity index (χ1v) is 9.90. The first-order valence-electron chi connectivity index (χ1n) is 9.90. The third kappa shape index (κ3) is 4.92. The van der Waals surface area contributed by atoms with Crippen molar-refractivity contribution in [3.63, 3.8) is 0 Å². The predicted molar refractivity (Wildman–Crippen MR) is 112 cm³/mol. The number of nitro groups is 1. The monoisotopic (exact) mass is 397 g/mol. The van der Waals surface area contributed by atoms with Crippen LogP contribution in [0.5, 0.6) is 5.75 Å². The second kappa shape index (κ2) is 9.05. The van der Waals surface area contributed by atoms with E-state index in [0.29, 0.717) is 5.69 Å². The Morgan fingerprint density at radius 1 is 1.10 bits per heavy atom. The lowest BCUT2D eigenvalue weighted by molar-refractivity contribution is -0.384. The van der Waals surface area contributed by atoms with Crippen LogP contribution in [0.1, 0.15) is 49.4 Å². The van der Waals surface area contributed by atoms with Crippen LogP contribution in [0.4, 0.5) is 11.4 Å². The van der Waals surface area contributed by atoms with Crippen LogP contribution < -0.4 is 15.4 Å². The zero-order valence-corrected chi connectivity index (χ0v) is 17.0. The number of ether oxygens (including phenoxy) is 1. The number of aryl methyl sites for hydroxylation is 2. The smallest absolute Gasteiger partial charge is 0.273 e. The summed E-state index contributed by atoms with van der Waals surface area (Å²) < 4.78 is 5.18. The van der Waals surface area contributed by atoms with Gasteiger partial charge in [-0.3, -0.25) is 20.2 Å². The molecule has 0 radical (unpaired) electrons. The molecule has 2 N–H and O–H groups in total. The van der Waals surface area contributed by atoms with Crippen molar-refractivity contribution in [3.05, 3.63) is 63.2 Å². The molecule has 7 heteroatoms. The summed E-state index contributed by atoms with van der Waals surface area (Å²) in [5.41, 5.74) is 4.32. The van der Waals surface area contributed by atoms with Gasteiger partial charge in [0.2, 0.25) is 5.91 Å². The van der Waals surface area contributed by atoms with Gasteiger partial charge in [-0.2, -0.15) is 0 Å². The Labute approximate surface area is 170 Å². The normalized spacial score (nSPS) is 15.1. The number of amides is 1. The number of anilines is 1. The van der Waals surface area contributed by atoms with E-state index in [1.54, 1.807) is 6.92 Å². The van der Waals surface area contributed by atoms with E-state index >= 15 is 0 Å². The molecule has 0 heterocycles. The minimum Gasteiger partial charge on any atom is -0.494 e.